The van der Waals surface area contributed by atoms with Gasteiger partial charge in [0.05, 0.1) is 12.0 Å². The quantitative estimate of drug-likeness (QED) is 0.757. The zero-order chi connectivity index (χ0) is 19.5. The Bertz CT molecular complexity index is 641. The van der Waals surface area contributed by atoms with Crippen LogP contribution in [0.4, 0.5) is 0 Å². The van der Waals surface area contributed by atoms with E-state index in [2.05, 4.69) is 20.8 Å². The number of hydrogen-bond donors (Lipinski definition) is 1. The minimum Gasteiger partial charge on any atom is -0.491 e. The molecule has 26 heavy (non-hydrogen) atoms. The lowest BCUT2D eigenvalue weighted by Crippen LogP contribution is -2.41. The molecule has 1 heterocycles. The maximum absolute atomic E-state index is 12.6. The molecule has 5 nitrogen and oxygen atoms in total. The summed E-state index contributed by atoms with van der Waals surface area (Å²) in [7, 11) is 0. The fraction of sp³-hybridized carbons (Fsp3) is 0.619. The Hall–Kier alpha value is -1.88. The van der Waals surface area contributed by atoms with Crippen molar-refractivity contribution in [3.05, 3.63) is 29.8 Å². The van der Waals surface area contributed by atoms with Crippen LogP contribution in [0.5, 0.6) is 5.75 Å². The summed E-state index contributed by atoms with van der Waals surface area (Å²) in [5.74, 6) is 0.293. The van der Waals surface area contributed by atoms with Crippen molar-refractivity contribution in [2.45, 2.75) is 65.4 Å². The predicted molar refractivity (Wildman–Crippen MR) is 101 cm³/mol. The molecule has 5 heteroatoms. The van der Waals surface area contributed by atoms with Crippen molar-refractivity contribution < 1.29 is 19.4 Å². The molecular weight excluding hydrogens is 330 g/mol. The van der Waals surface area contributed by atoms with Gasteiger partial charge in [0.1, 0.15) is 18.5 Å². The SMILES string of the molecule is CCC1(CC)CC(=O)N(C[C@H](O)COc2ccc(C(C)(C)C)cc2)C1=O. The maximum atomic E-state index is 12.6. The molecule has 0 saturated carbocycles. The fourth-order valence-corrected chi connectivity index (χ4v) is 3.35. The monoisotopic (exact) mass is 361 g/mol. The third-order valence-corrected chi connectivity index (χ3v) is 5.40. The number of aliphatic hydroxyl groups excluding tert-OH is 1. The lowest BCUT2D eigenvalue weighted by Gasteiger charge is -2.25. The van der Waals surface area contributed by atoms with Gasteiger partial charge in [-0.2, -0.15) is 0 Å². The van der Waals surface area contributed by atoms with Crippen LogP contribution < -0.4 is 4.74 Å². The number of likely N-dealkylation sites (tertiary alicyclic amines) is 1. The summed E-state index contributed by atoms with van der Waals surface area (Å²) in [5.41, 5.74) is 0.675. The van der Waals surface area contributed by atoms with Gasteiger partial charge in [-0.15, -0.1) is 0 Å². The highest BCUT2D eigenvalue weighted by Crippen LogP contribution is 2.39. The second-order valence-corrected chi connectivity index (χ2v) is 8.21. The molecule has 0 aliphatic carbocycles. The molecule has 1 saturated heterocycles. The van der Waals surface area contributed by atoms with E-state index in [-0.39, 0.29) is 36.8 Å². The van der Waals surface area contributed by atoms with Gasteiger partial charge in [-0.3, -0.25) is 14.5 Å². The number of amides is 2. The van der Waals surface area contributed by atoms with Crippen molar-refractivity contribution in [1.29, 1.82) is 0 Å². The molecule has 2 rings (SSSR count). The number of rotatable bonds is 7. The summed E-state index contributed by atoms with van der Waals surface area (Å²) in [5, 5.41) is 10.2. The maximum Gasteiger partial charge on any atom is 0.235 e. The summed E-state index contributed by atoms with van der Waals surface area (Å²) in [6, 6.07) is 7.76. The Morgan fingerprint density at radius 2 is 1.73 bits per heavy atom. The fourth-order valence-electron chi connectivity index (χ4n) is 3.35. The first-order valence-electron chi connectivity index (χ1n) is 9.39. The molecule has 1 aliphatic rings. The molecule has 0 bridgehead atoms. The summed E-state index contributed by atoms with van der Waals surface area (Å²) in [6.07, 6.45) is 0.602. The first kappa shape index (κ1) is 20.4. The lowest BCUT2D eigenvalue weighted by molar-refractivity contribution is -0.143. The second kappa shape index (κ2) is 7.78. The molecule has 144 valence electrons. The lowest BCUT2D eigenvalue weighted by atomic mass is 9.81. The Morgan fingerprint density at radius 3 is 2.19 bits per heavy atom. The molecule has 0 unspecified atom stereocenters. The molecule has 1 atom stereocenters. The van der Waals surface area contributed by atoms with E-state index < -0.39 is 11.5 Å². The molecule has 1 fully saturated rings. The average molecular weight is 361 g/mol. The third-order valence-electron chi connectivity index (χ3n) is 5.40. The largest absolute Gasteiger partial charge is 0.491 e. The van der Waals surface area contributed by atoms with Crippen molar-refractivity contribution in [1.82, 2.24) is 4.90 Å². The van der Waals surface area contributed by atoms with Gasteiger partial charge in [0.15, 0.2) is 0 Å². The number of carbonyl (C=O) groups excluding carboxylic acids is 2. The van der Waals surface area contributed by atoms with Gasteiger partial charge in [-0.1, -0.05) is 46.8 Å². The number of carbonyl (C=O) groups is 2. The number of aliphatic hydroxyl groups is 1. The minimum absolute atomic E-state index is 0.0144. The number of benzene rings is 1. The van der Waals surface area contributed by atoms with E-state index in [9.17, 15) is 14.7 Å². The second-order valence-electron chi connectivity index (χ2n) is 8.21. The predicted octanol–water partition coefficient (Wildman–Crippen LogP) is 3.29. The minimum atomic E-state index is -0.908. The van der Waals surface area contributed by atoms with Gasteiger partial charge in [0.2, 0.25) is 11.8 Å². The van der Waals surface area contributed by atoms with Gasteiger partial charge in [0.25, 0.3) is 0 Å². The van der Waals surface area contributed by atoms with Gasteiger partial charge >= 0.3 is 0 Å². The summed E-state index contributed by atoms with van der Waals surface area (Å²) in [4.78, 5) is 26.0. The number of ether oxygens (including phenoxy) is 1. The summed E-state index contributed by atoms with van der Waals surface area (Å²) >= 11 is 0. The molecule has 1 aromatic carbocycles. The van der Waals surface area contributed by atoms with Crippen LogP contribution in [0.25, 0.3) is 0 Å². The van der Waals surface area contributed by atoms with Crippen LogP contribution >= 0.6 is 0 Å². The van der Waals surface area contributed by atoms with E-state index in [0.717, 1.165) is 0 Å². The number of imide groups is 1. The van der Waals surface area contributed by atoms with Gasteiger partial charge < -0.3 is 9.84 Å². The molecular formula is C21H31NO4. The van der Waals surface area contributed by atoms with Crippen LogP contribution in [0.15, 0.2) is 24.3 Å². The molecule has 1 N–H and O–H groups in total. The smallest absolute Gasteiger partial charge is 0.235 e. The normalized spacial score (nSPS) is 18.3. The van der Waals surface area contributed by atoms with Crippen molar-refractivity contribution in [3.63, 3.8) is 0 Å². The number of β-amino-alcohol motifs (C(OH)–C–C–N with tert-alkyl or cyclic N) is 1. The van der Waals surface area contributed by atoms with Crippen molar-refractivity contribution >= 4 is 11.8 Å². The van der Waals surface area contributed by atoms with E-state index in [1.165, 1.54) is 10.5 Å². The molecule has 2 amide bonds. The van der Waals surface area contributed by atoms with Crippen LogP contribution in [0.2, 0.25) is 0 Å². The first-order valence-corrected chi connectivity index (χ1v) is 9.39. The molecule has 0 radical (unpaired) electrons. The van der Waals surface area contributed by atoms with Gasteiger partial charge in [0, 0.05) is 6.42 Å². The van der Waals surface area contributed by atoms with E-state index >= 15 is 0 Å². The van der Waals surface area contributed by atoms with Gasteiger partial charge in [-0.25, -0.2) is 0 Å². The van der Waals surface area contributed by atoms with Crippen LogP contribution in [0.1, 0.15) is 59.4 Å². The molecule has 0 aromatic heterocycles. The topological polar surface area (TPSA) is 66.8 Å². The zero-order valence-electron chi connectivity index (χ0n) is 16.5. The van der Waals surface area contributed by atoms with Crippen LogP contribution in [-0.2, 0) is 15.0 Å². The highest BCUT2D eigenvalue weighted by atomic mass is 16.5. The van der Waals surface area contributed by atoms with E-state index in [1.807, 2.05) is 38.1 Å². The number of nitrogens with zero attached hydrogens (tertiary/aromatic N) is 1. The van der Waals surface area contributed by atoms with Crippen LogP contribution in [0.3, 0.4) is 0 Å². The van der Waals surface area contributed by atoms with Crippen molar-refractivity contribution in [3.8, 4) is 5.75 Å². The molecule has 0 spiro atoms. The summed E-state index contributed by atoms with van der Waals surface area (Å²) < 4.78 is 5.62. The highest BCUT2D eigenvalue weighted by molar-refractivity contribution is 6.05. The first-order chi connectivity index (χ1) is 12.1. The molecule has 1 aliphatic heterocycles. The highest BCUT2D eigenvalue weighted by Gasteiger charge is 2.49. The number of hydrogen-bond acceptors (Lipinski definition) is 4. The Labute approximate surface area is 156 Å². The van der Waals surface area contributed by atoms with E-state index in [0.29, 0.717) is 18.6 Å². The van der Waals surface area contributed by atoms with E-state index in [4.69, 9.17) is 4.74 Å². The van der Waals surface area contributed by atoms with Gasteiger partial charge in [-0.05, 0) is 36.0 Å². The third kappa shape index (κ3) is 4.26. The van der Waals surface area contributed by atoms with Crippen LogP contribution in [0, 0.1) is 5.41 Å². The van der Waals surface area contributed by atoms with Crippen LogP contribution in [-0.4, -0.2) is 41.1 Å². The van der Waals surface area contributed by atoms with E-state index in [1.54, 1.807) is 0 Å². The Kier molecular flexibility index (Phi) is 6.12. The Balaban J connectivity index is 1.92. The van der Waals surface area contributed by atoms with Crippen molar-refractivity contribution in [2.75, 3.05) is 13.2 Å². The summed E-state index contributed by atoms with van der Waals surface area (Å²) in [6.45, 7) is 10.3. The zero-order valence-corrected chi connectivity index (χ0v) is 16.5. The molecule has 1 aromatic rings. The van der Waals surface area contributed by atoms with Crippen molar-refractivity contribution in [2.24, 2.45) is 5.41 Å². The average Bonchev–Trinajstić information content (AvgIpc) is 2.84. The Morgan fingerprint density at radius 1 is 1.15 bits per heavy atom. The standard InChI is InChI=1S/C21H31NO4/c1-6-21(7-2)12-18(24)22(19(21)25)13-16(23)14-26-17-10-8-15(9-11-17)20(3,4)5/h8-11,16,23H,6-7,12-14H2,1-5H3/t16-/m0/s1.